The highest BCUT2D eigenvalue weighted by atomic mass is 35.5. The first kappa shape index (κ1) is 13.5. The van der Waals surface area contributed by atoms with Crippen LogP contribution in [-0.4, -0.2) is 22.6 Å². The van der Waals surface area contributed by atoms with E-state index in [4.69, 9.17) is 16.1 Å². The number of halogens is 1. The molecule has 2 aromatic rings. The summed E-state index contributed by atoms with van der Waals surface area (Å²) in [7, 11) is 0. The Morgan fingerprint density at radius 2 is 2.11 bits per heavy atom. The summed E-state index contributed by atoms with van der Waals surface area (Å²) in [4.78, 5) is 15.6. The highest BCUT2D eigenvalue weighted by Gasteiger charge is 2.05. The summed E-state index contributed by atoms with van der Waals surface area (Å²) in [5, 5.41) is 9.92. The van der Waals surface area contributed by atoms with Crippen LogP contribution in [0.5, 0.6) is 0 Å². The Labute approximate surface area is 115 Å². The summed E-state index contributed by atoms with van der Waals surface area (Å²) >= 11 is 5.75. The van der Waals surface area contributed by atoms with E-state index >= 15 is 0 Å². The van der Waals surface area contributed by atoms with Crippen LogP contribution in [0.15, 0.2) is 28.8 Å². The van der Waals surface area contributed by atoms with Crippen molar-refractivity contribution in [3.8, 4) is 0 Å². The van der Waals surface area contributed by atoms with Crippen LogP contribution in [0.3, 0.4) is 0 Å². The van der Waals surface area contributed by atoms with Gasteiger partial charge in [0.05, 0.1) is 13.1 Å². The van der Waals surface area contributed by atoms with Gasteiger partial charge in [0.15, 0.2) is 5.82 Å². The minimum Gasteiger partial charge on any atom is -0.338 e. The Morgan fingerprint density at radius 1 is 1.37 bits per heavy atom. The first-order valence-corrected chi connectivity index (χ1v) is 6.06. The first-order valence-electron chi connectivity index (χ1n) is 5.69. The van der Waals surface area contributed by atoms with Crippen LogP contribution in [-0.2, 0) is 11.3 Å². The minimum atomic E-state index is -0.154. The number of carbonyl (C=O) groups excluding carboxylic acids is 1. The number of anilines is 1. The normalized spacial score (nSPS) is 10.4. The molecular weight excluding hydrogens is 268 g/mol. The zero-order valence-corrected chi connectivity index (χ0v) is 11.1. The Hall–Kier alpha value is -1.92. The van der Waals surface area contributed by atoms with E-state index < -0.39 is 0 Å². The maximum absolute atomic E-state index is 11.6. The monoisotopic (exact) mass is 280 g/mol. The summed E-state index contributed by atoms with van der Waals surface area (Å²) < 4.78 is 4.91. The van der Waals surface area contributed by atoms with Gasteiger partial charge in [-0.05, 0) is 31.2 Å². The second kappa shape index (κ2) is 6.31. The Balaban J connectivity index is 1.74. The van der Waals surface area contributed by atoms with Crippen LogP contribution in [0.2, 0.25) is 5.02 Å². The molecule has 0 saturated heterocycles. The molecule has 2 N–H and O–H groups in total. The van der Waals surface area contributed by atoms with Crippen molar-refractivity contribution in [2.24, 2.45) is 0 Å². The molecule has 1 amide bonds. The molecule has 0 spiro atoms. The predicted molar refractivity (Wildman–Crippen MR) is 70.8 cm³/mol. The molecule has 1 aromatic heterocycles. The standard InChI is InChI=1S/C12H13ClN4O2/c1-8-15-12(19-17-8)7-14-6-11(18)16-10-4-2-9(13)3-5-10/h2-5,14H,6-7H2,1H3,(H,16,18). The largest absolute Gasteiger partial charge is 0.338 e. The molecule has 0 radical (unpaired) electrons. The van der Waals surface area contributed by atoms with Crippen molar-refractivity contribution in [1.82, 2.24) is 15.5 Å². The fourth-order valence-corrected chi connectivity index (χ4v) is 1.56. The smallest absolute Gasteiger partial charge is 0.240 e. The Kier molecular flexibility index (Phi) is 4.48. The molecule has 7 heteroatoms. The molecule has 0 unspecified atom stereocenters. The zero-order valence-electron chi connectivity index (χ0n) is 10.3. The molecule has 0 atom stereocenters. The van der Waals surface area contributed by atoms with E-state index in [0.717, 1.165) is 0 Å². The lowest BCUT2D eigenvalue weighted by Gasteiger charge is -2.05. The molecule has 0 aliphatic rings. The van der Waals surface area contributed by atoms with E-state index in [0.29, 0.717) is 29.0 Å². The molecule has 0 fully saturated rings. The highest BCUT2D eigenvalue weighted by molar-refractivity contribution is 6.30. The van der Waals surface area contributed by atoms with Crippen molar-refractivity contribution >= 4 is 23.2 Å². The lowest BCUT2D eigenvalue weighted by molar-refractivity contribution is -0.115. The summed E-state index contributed by atoms with van der Waals surface area (Å²) in [5.41, 5.74) is 0.699. The first-order chi connectivity index (χ1) is 9.13. The van der Waals surface area contributed by atoms with Gasteiger partial charge in [-0.1, -0.05) is 16.8 Å². The van der Waals surface area contributed by atoms with Crippen molar-refractivity contribution < 1.29 is 9.32 Å². The van der Waals surface area contributed by atoms with Crippen molar-refractivity contribution in [2.75, 3.05) is 11.9 Å². The van der Waals surface area contributed by atoms with Gasteiger partial charge in [0, 0.05) is 10.7 Å². The van der Waals surface area contributed by atoms with Crippen LogP contribution in [0, 0.1) is 6.92 Å². The molecule has 6 nitrogen and oxygen atoms in total. The van der Waals surface area contributed by atoms with Crippen molar-refractivity contribution in [1.29, 1.82) is 0 Å². The van der Waals surface area contributed by atoms with Gasteiger partial charge in [0.25, 0.3) is 0 Å². The van der Waals surface area contributed by atoms with Crippen LogP contribution < -0.4 is 10.6 Å². The predicted octanol–water partition coefficient (Wildman–Crippen LogP) is 1.76. The number of benzene rings is 1. The summed E-state index contributed by atoms with van der Waals surface area (Å²) in [6.07, 6.45) is 0. The second-order valence-corrected chi connectivity index (χ2v) is 4.33. The number of aryl methyl sites for hydroxylation is 1. The second-order valence-electron chi connectivity index (χ2n) is 3.89. The summed E-state index contributed by atoms with van der Waals surface area (Å²) in [5.74, 6) is 0.873. The number of rotatable bonds is 5. The van der Waals surface area contributed by atoms with E-state index in [1.165, 1.54) is 0 Å². The molecule has 100 valence electrons. The third-order valence-corrected chi connectivity index (χ3v) is 2.51. The summed E-state index contributed by atoms with van der Waals surface area (Å²) in [6, 6.07) is 6.90. The van der Waals surface area contributed by atoms with Gasteiger partial charge >= 0.3 is 0 Å². The van der Waals surface area contributed by atoms with E-state index in [9.17, 15) is 4.79 Å². The number of aromatic nitrogens is 2. The van der Waals surface area contributed by atoms with E-state index in [1.54, 1.807) is 31.2 Å². The highest BCUT2D eigenvalue weighted by Crippen LogP contribution is 2.12. The fraction of sp³-hybridized carbons (Fsp3) is 0.250. The number of carbonyl (C=O) groups is 1. The van der Waals surface area contributed by atoms with Crippen LogP contribution in [0.1, 0.15) is 11.7 Å². The van der Waals surface area contributed by atoms with Gasteiger partial charge in [0.1, 0.15) is 0 Å². The number of hydrogen-bond acceptors (Lipinski definition) is 5. The maximum atomic E-state index is 11.6. The number of nitrogens with one attached hydrogen (secondary N) is 2. The average Bonchev–Trinajstić information content (AvgIpc) is 2.78. The van der Waals surface area contributed by atoms with Gasteiger partial charge in [-0.25, -0.2) is 0 Å². The zero-order chi connectivity index (χ0) is 13.7. The molecule has 0 bridgehead atoms. The van der Waals surface area contributed by atoms with Crippen LogP contribution >= 0.6 is 11.6 Å². The van der Waals surface area contributed by atoms with E-state index in [1.807, 2.05) is 0 Å². The average molecular weight is 281 g/mol. The molecular formula is C12H13ClN4O2. The molecule has 1 aromatic carbocycles. The molecule has 0 saturated carbocycles. The molecule has 0 aliphatic heterocycles. The quantitative estimate of drug-likeness (QED) is 0.872. The molecule has 2 rings (SSSR count). The number of hydrogen-bond donors (Lipinski definition) is 2. The Bertz CT molecular complexity index is 553. The lowest BCUT2D eigenvalue weighted by atomic mass is 10.3. The van der Waals surface area contributed by atoms with Crippen LogP contribution in [0.4, 0.5) is 5.69 Å². The SMILES string of the molecule is Cc1noc(CNCC(=O)Nc2ccc(Cl)cc2)n1. The molecule has 0 aliphatic carbocycles. The number of amides is 1. The Morgan fingerprint density at radius 3 is 2.74 bits per heavy atom. The van der Waals surface area contributed by atoms with Crippen molar-refractivity contribution in [2.45, 2.75) is 13.5 Å². The summed E-state index contributed by atoms with van der Waals surface area (Å²) in [6.45, 7) is 2.25. The van der Waals surface area contributed by atoms with Crippen LogP contribution in [0.25, 0.3) is 0 Å². The van der Waals surface area contributed by atoms with Crippen molar-refractivity contribution in [3.05, 3.63) is 41.0 Å². The van der Waals surface area contributed by atoms with Crippen molar-refractivity contribution in [3.63, 3.8) is 0 Å². The van der Waals surface area contributed by atoms with E-state index in [-0.39, 0.29) is 12.5 Å². The minimum absolute atomic E-state index is 0.154. The fourth-order valence-electron chi connectivity index (χ4n) is 1.43. The third kappa shape index (κ3) is 4.35. The topological polar surface area (TPSA) is 80.0 Å². The molecule has 1 heterocycles. The van der Waals surface area contributed by atoms with Gasteiger partial charge in [-0.15, -0.1) is 0 Å². The van der Waals surface area contributed by atoms with Gasteiger partial charge in [-0.2, -0.15) is 4.98 Å². The molecule has 19 heavy (non-hydrogen) atoms. The van der Waals surface area contributed by atoms with Gasteiger partial charge in [-0.3, -0.25) is 10.1 Å². The number of nitrogens with zero attached hydrogens (tertiary/aromatic N) is 2. The van der Waals surface area contributed by atoms with Gasteiger partial charge in [0.2, 0.25) is 11.8 Å². The third-order valence-electron chi connectivity index (χ3n) is 2.26. The maximum Gasteiger partial charge on any atom is 0.240 e. The van der Waals surface area contributed by atoms with Gasteiger partial charge < -0.3 is 9.84 Å². The lowest BCUT2D eigenvalue weighted by Crippen LogP contribution is -2.27. The van der Waals surface area contributed by atoms with E-state index in [2.05, 4.69) is 20.8 Å².